The second-order valence-electron chi connectivity index (χ2n) is 2.52. The number of nitrogens with zero attached hydrogens (tertiary/aromatic N) is 1. The highest BCUT2D eigenvalue weighted by molar-refractivity contribution is 5.82. The van der Waals surface area contributed by atoms with Gasteiger partial charge in [0.05, 0.1) is 12.8 Å². The fourth-order valence-electron chi connectivity index (χ4n) is 0.866. The van der Waals surface area contributed by atoms with Crippen LogP contribution in [0.15, 0.2) is 42.6 Å². The number of esters is 1. The lowest BCUT2D eigenvalue weighted by atomic mass is 10.3. The van der Waals surface area contributed by atoms with E-state index in [0.717, 1.165) is 11.1 Å². The van der Waals surface area contributed by atoms with Gasteiger partial charge in [-0.05, 0) is 12.1 Å². The second-order valence-corrected chi connectivity index (χ2v) is 2.52. The monoisotopic (exact) mass is 193 g/mol. The third kappa shape index (κ3) is 2.91. The molecule has 0 fully saturated rings. The van der Waals surface area contributed by atoms with E-state index in [1.165, 1.54) is 13.3 Å². The number of hydroxylamine groups is 1. The number of anilines is 1. The molecule has 0 aromatic heterocycles. The molecule has 0 radical (unpaired) electrons. The summed E-state index contributed by atoms with van der Waals surface area (Å²) in [6.45, 7) is 0. The van der Waals surface area contributed by atoms with E-state index < -0.39 is 5.97 Å². The molecule has 4 nitrogen and oxygen atoms in total. The standard InChI is InChI=1S/C10H11NO3/c1-14-10(12)7-8-11(13)9-5-3-2-4-6-9/h2-8,13H,1H3/b8-7+. The first kappa shape index (κ1) is 10.3. The Morgan fingerprint density at radius 2 is 2.07 bits per heavy atom. The Kier molecular flexibility index (Phi) is 3.69. The Bertz CT molecular complexity index is 321. The Hall–Kier alpha value is -1.81. The van der Waals surface area contributed by atoms with Crippen molar-refractivity contribution >= 4 is 11.7 Å². The molecule has 1 N–H and O–H groups in total. The lowest BCUT2D eigenvalue weighted by Crippen LogP contribution is -2.09. The average molecular weight is 193 g/mol. The van der Waals surface area contributed by atoms with Crippen LogP contribution in [0.5, 0.6) is 0 Å². The predicted molar refractivity (Wildman–Crippen MR) is 51.9 cm³/mol. The summed E-state index contributed by atoms with van der Waals surface area (Å²) in [6.07, 6.45) is 2.36. The summed E-state index contributed by atoms with van der Waals surface area (Å²) in [7, 11) is 1.27. The minimum absolute atomic E-state index is 0.514. The zero-order valence-corrected chi connectivity index (χ0v) is 7.75. The molecule has 1 aromatic rings. The first-order valence-electron chi connectivity index (χ1n) is 4.03. The molecule has 74 valence electrons. The van der Waals surface area contributed by atoms with E-state index in [9.17, 15) is 10.0 Å². The molecule has 0 bridgehead atoms. The Labute approximate surface area is 82.0 Å². The van der Waals surface area contributed by atoms with E-state index >= 15 is 0 Å². The Morgan fingerprint density at radius 1 is 1.43 bits per heavy atom. The highest BCUT2D eigenvalue weighted by Gasteiger charge is 1.97. The minimum Gasteiger partial charge on any atom is -0.466 e. The number of ether oxygens (including phenoxy) is 1. The molecule has 0 heterocycles. The summed E-state index contributed by atoms with van der Waals surface area (Å²) in [5.74, 6) is -0.514. The van der Waals surface area contributed by atoms with E-state index in [1.54, 1.807) is 24.3 Å². The molecule has 1 rings (SSSR count). The van der Waals surface area contributed by atoms with Crippen LogP contribution in [0.4, 0.5) is 5.69 Å². The third-order valence-corrected chi connectivity index (χ3v) is 1.57. The maximum absolute atomic E-state index is 10.7. The van der Waals surface area contributed by atoms with Crippen molar-refractivity contribution in [2.45, 2.75) is 0 Å². The van der Waals surface area contributed by atoms with Crippen LogP contribution in [0, 0.1) is 0 Å². The number of hydrogen-bond acceptors (Lipinski definition) is 4. The number of hydrogen-bond donors (Lipinski definition) is 1. The highest BCUT2D eigenvalue weighted by atomic mass is 16.5. The third-order valence-electron chi connectivity index (χ3n) is 1.57. The largest absolute Gasteiger partial charge is 0.466 e. The van der Waals surface area contributed by atoms with Gasteiger partial charge in [-0.15, -0.1) is 0 Å². The van der Waals surface area contributed by atoms with Crippen molar-refractivity contribution in [2.24, 2.45) is 0 Å². The van der Waals surface area contributed by atoms with Gasteiger partial charge in [0.1, 0.15) is 0 Å². The van der Waals surface area contributed by atoms with Gasteiger partial charge in [-0.2, -0.15) is 0 Å². The van der Waals surface area contributed by atoms with Crippen LogP contribution in [0.1, 0.15) is 0 Å². The molecule has 0 saturated carbocycles. The zero-order chi connectivity index (χ0) is 10.4. The van der Waals surface area contributed by atoms with Crippen molar-refractivity contribution in [1.82, 2.24) is 0 Å². The van der Waals surface area contributed by atoms with Gasteiger partial charge in [0, 0.05) is 12.3 Å². The van der Waals surface area contributed by atoms with E-state index in [-0.39, 0.29) is 0 Å². The topological polar surface area (TPSA) is 49.8 Å². The number of carbonyl (C=O) groups is 1. The molecule has 0 aliphatic heterocycles. The Morgan fingerprint density at radius 3 is 2.64 bits per heavy atom. The van der Waals surface area contributed by atoms with Gasteiger partial charge >= 0.3 is 5.97 Å². The van der Waals surface area contributed by atoms with Gasteiger partial charge in [0.15, 0.2) is 0 Å². The molecule has 0 unspecified atom stereocenters. The smallest absolute Gasteiger partial charge is 0.332 e. The fraction of sp³-hybridized carbons (Fsp3) is 0.100. The van der Waals surface area contributed by atoms with E-state index in [4.69, 9.17) is 0 Å². The lowest BCUT2D eigenvalue weighted by molar-refractivity contribution is -0.134. The molecule has 0 spiro atoms. The molecular weight excluding hydrogens is 182 g/mol. The summed E-state index contributed by atoms with van der Waals surface area (Å²) >= 11 is 0. The molecule has 0 saturated heterocycles. The Balaban J connectivity index is 2.63. The van der Waals surface area contributed by atoms with Crippen LogP contribution in [0.2, 0.25) is 0 Å². The van der Waals surface area contributed by atoms with Crippen LogP contribution in [0.25, 0.3) is 0 Å². The van der Waals surface area contributed by atoms with Gasteiger partial charge in [-0.25, -0.2) is 9.86 Å². The summed E-state index contributed by atoms with van der Waals surface area (Å²) in [4.78, 5) is 10.7. The molecule has 14 heavy (non-hydrogen) atoms. The van der Waals surface area contributed by atoms with Crippen LogP contribution in [0.3, 0.4) is 0 Å². The van der Waals surface area contributed by atoms with Crippen molar-refractivity contribution in [3.63, 3.8) is 0 Å². The molecule has 0 aliphatic rings. The van der Waals surface area contributed by atoms with Crippen LogP contribution >= 0.6 is 0 Å². The average Bonchev–Trinajstić information content (AvgIpc) is 2.26. The van der Waals surface area contributed by atoms with Crippen LogP contribution < -0.4 is 5.06 Å². The van der Waals surface area contributed by atoms with Gasteiger partial charge in [-0.1, -0.05) is 18.2 Å². The first-order chi connectivity index (χ1) is 6.74. The normalized spacial score (nSPS) is 10.1. The van der Waals surface area contributed by atoms with Crippen molar-refractivity contribution in [1.29, 1.82) is 0 Å². The van der Waals surface area contributed by atoms with Crippen molar-refractivity contribution in [2.75, 3.05) is 12.2 Å². The minimum atomic E-state index is -0.514. The number of methoxy groups -OCH3 is 1. The quantitative estimate of drug-likeness (QED) is 0.449. The van der Waals surface area contributed by atoms with Gasteiger partial charge in [-0.3, -0.25) is 5.21 Å². The molecule has 0 aliphatic carbocycles. The van der Waals surface area contributed by atoms with Crippen molar-refractivity contribution in [3.05, 3.63) is 42.6 Å². The van der Waals surface area contributed by atoms with Gasteiger partial charge in [0.2, 0.25) is 0 Å². The maximum Gasteiger partial charge on any atom is 0.332 e. The van der Waals surface area contributed by atoms with Crippen LogP contribution in [-0.2, 0) is 9.53 Å². The number of carbonyl (C=O) groups excluding carboxylic acids is 1. The van der Waals surface area contributed by atoms with E-state index in [1.807, 2.05) is 6.07 Å². The van der Waals surface area contributed by atoms with Gasteiger partial charge < -0.3 is 4.74 Å². The highest BCUT2D eigenvalue weighted by Crippen LogP contribution is 2.10. The number of para-hydroxylation sites is 1. The molecule has 0 atom stereocenters. The summed E-state index contributed by atoms with van der Waals surface area (Å²) in [6, 6.07) is 8.82. The zero-order valence-electron chi connectivity index (χ0n) is 7.75. The molecule has 4 heteroatoms. The lowest BCUT2D eigenvalue weighted by Gasteiger charge is -2.10. The van der Waals surface area contributed by atoms with E-state index in [2.05, 4.69) is 4.74 Å². The fourth-order valence-corrected chi connectivity index (χ4v) is 0.866. The van der Waals surface area contributed by atoms with Crippen LogP contribution in [-0.4, -0.2) is 18.3 Å². The summed E-state index contributed by atoms with van der Waals surface area (Å²) in [5, 5.41) is 10.2. The maximum atomic E-state index is 10.7. The number of benzene rings is 1. The summed E-state index contributed by atoms with van der Waals surface area (Å²) < 4.78 is 4.37. The molecule has 0 amide bonds. The SMILES string of the molecule is COC(=O)/C=C/N(O)c1ccccc1. The van der Waals surface area contributed by atoms with Crippen molar-refractivity contribution < 1.29 is 14.7 Å². The second kappa shape index (κ2) is 5.04. The van der Waals surface area contributed by atoms with Gasteiger partial charge in [0.25, 0.3) is 0 Å². The van der Waals surface area contributed by atoms with E-state index in [0.29, 0.717) is 5.69 Å². The summed E-state index contributed by atoms with van der Waals surface area (Å²) in [5.41, 5.74) is 0.577. The first-order valence-corrected chi connectivity index (χ1v) is 4.03. The molecular formula is C10H11NO3. The predicted octanol–water partition coefficient (Wildman–Crippen LogP) is 1.57. The molecule has 1 aromatic carbocycles. The van der Waals surface area contributed by atoms with Crippen molar-refractivity contribution in [3.8, 4) is 0 Å². The number of rotatable bonds is 3.